The average molecular weight is 357 g/mol. The van der Waals surface area contributed by atoms with Gasteiger partial charge < -0.3 is 5.73 Å². The second kappa shape index (κ2) is 6.37. The maximum absolute atomic E-state index is 12.7. The molecule has 1 saturated carbocycles. The topological polar surface area (TPSA) is 38.9 Å². The fourth-order valence-corrected chi connectivity index (χ4v) is 3.02. The molecule has 0 aliphatic heterocycles. The zero-order chi connectivity index (χ0) is 16.8. The van der Waals surface area contributed by atoms with Gasteiger partial charge >= 0.3 is 6.18 Å². The average Bonchev–Trinajstić information content (AvgIpc) is 3.14. The van der Waals surface area contributed by atoms with Gasteiger partial charge in [-0.3, -0.25) is 4.98 Å². The number of nitrogens with zero attached hydrogens (tertiary/aromatic N) is 1. The Morgan fingerprint density at radius 2 is 1.75 bits per heavy atom. The summed E-state index contributed by atoms with van der Waals surface area (Å²) in [5.74, 6) is 0.409. The number of aromatic nitrogens is 1. The van der Waals surface area contributed by atoms with Crippen LogP contribution in [0.5, 0.6) is 0 Å². The van der Waals surface area contributed by atoms with Crippen molar-refractivity contribution in [3.63, 3.8) is 0 Å². The molecule has 130 valence electrons. The summed E-state index contributed by atoms with van der Waals surface area (Å²) in [5.41, 5.74) is 8.34. The Hall–Kier alpha value is -1.59. The monoisotopic (exact) mass is 356 g/mol. The maximum Gasteiger partial charge on any atom is 0.416 e. The molecule has 3 rings (SSSR count). The lowest BCUT2D eigenvalue weighted by Gasteiger charge is -2.17. The number of alkyl halides is 3. The summed E-state index contributed by atoms with van der Waals surface area (Å²) >= 11 is 0. The van der Waals surface area contributed by atoms with Crippen molar-refractivity contribution in [1.82, 2.24) is 4.98 Å². The smallest absolute Gasteiger partial charge is 0.319 e. The van der Waals surface area contributed by atoms with Crippen molar-refractivity contribution in [3.8, 4) is 0 Å². The molecule has 1 aliphatic carbocycles. The van der Waals surface area contributed by atoms with E-state index >= 15 is 0 Å². The molecule has 1 fully saturated rings. The second-order valence-corrected chi connectivity index (χ2v) is 6.82. The van der Waals surface area contributed by atoms with Gasteiger partial charge in [0.25, 0.3) is 0 Å². The van der Waals surface area contributed by atoms with Gasteiger partial charge in [-0.15, -0.1) is 12.4 Å². The Labute approximate surface area is 145 Å². The van der Waals surface area contributed by atoms with Crippen LogP contribution in [0.4, 0.5) is 13.2 Å². The maximum atomic E-state index is 12.7. The van der Waals surface area contributed by atoms with Gasteiger partial charge in [0.2, 0.25) is 0 Å². The quantitative estimate of drug-likeness (QED) is 0.832. The van der Waals surface area contributed by atoms with E-state index in [1.807, 2.05) is 12.1 Å². The molecule has 1 heterocycles. The SMILES string of the molecule is CC1(C)CC1c1cccnc1[C@@H](N)c1ccc(C(F)(F)F)cc1.Cl. The summed E-state index contributed by atoms with van der Waals surface area (Å²) in [4.78, 5) is 4.41. The van der Waals surface area contributed by atoms with Crippen molar-refractivity contribution in [2.45, 2.75) is 38.4 Å². The van der Waals surface area contributed by atoms with E-state index in [0.29, 0.717) is 11.5 Å². The highest BCUT2D eigenvalue weighted by Gasteiger charge is 2.47. The molecule has 0 radical (unpaired) electrons. The van der Waals surface area contributed by atoms with Crippen LogP contribution in [0.3, 0.4) is 0 Å². The van der Waals surface area contributed by atoms with Gasteiger partial charge in [0, 0.05) is 6.20 Å². The number of rotatable bonds is 3. The first-order valence-electron chi connectivity index (χ1n) is 7.58. The highest BCUT2D eigenvalue weighted by molar-refractivity contribution is 5.85. The van der Waals surface area contributed by atoms with E-state index < -0.39 is 17.8 Å². The number of hydrogen-bond donors (Lipinski definition) is 1. The van der Waals surface area contributed by atoms with Gasteiger partial charge in [0.05, 0.1) is 17.3 Å². The molecule has 24 heavy (non-hydrogen) atoms. The largest absolute Gasteiger partial charge is 0.416 e. The Morgan fingerprint density at radius 1 is 1.17 bits per heavy atom. The summed E-state index contributed by atoms with van der Waals surface area (Å²) in [6.45, 7) is 4.39. The van der Waals surface area contributed by atoms with Crippen LogP contribution in [-0.2, 0) is 6.18 Å². The van der Waals surface area contributed by atoms with Gasteiger partial charge in [0.1, 0.15) is 0 Å². The molecule has 0 bridgehead atoms. The highest BCUT2D eigenvalue weighted by Crippen LogP contribution is 2.59. The minimum absolute atomic E-state index is 0. The van der Waals surface area contributed by atoms with Crippen LogP contribution in [0, 0.1) is 5.41 Å². The molecule has 6 heteroatoms. The van der Waals surface area contributed by atoms with E-state index in [-0.39, 0.29) is 17.8 Å². The Kier molecular flexibility index (Phi) is 4.98. The molecule has 0 saturated heterocycles. The molecule has 2 aromatic rings. The first-order valence-corrected chi connectivity index (χ1v) is 7.58. The van der Waals surface area contributed by atoms with Crippen LogP contribution in [0.2, 0.25) is 0 Å². The number of benzene rings is 1. The van der Waals surface area contributed by atoms with Crippen LogP contribution in [0.25, 0.3) is 0 Å². The summed E-state index contributed by atoms with van der Waals surface area (Å²) in [6.07, 6.45) is -1.58. The lowest BCUT2D eigenvalue weighted by molar-refractivity contribution is -0.137. The molecule has 1 aliphatic rings. The van der Waals surface area contributed by atoms with Crippen LogP contribution in [0.15, 0.2) is 42.6 Å². The molecule has 2 nitrogen and oxygen atoms in total. The van der Waals surface area contributed by atoms with Crippen molar-refractivity contribution in [1.29, 1.82) is 0 Å². The van der Waals surface area contributed by atoms with Crippen molar-refractivity contribution >= 4 is 12.4 Å². The fraction of sp³-hybridized carbons (Fsp3) is 0.389. The van der Waals surface area contributed by atoms with E-state index in [0.717, 1.165) is 29.8 Å². The fourth-order valence-electron chi connectivity index (χ4n) is 3.02. The lowest BCUT2D eigenvalue weighted by Crippen LogP contribution is -2.16. The van der Waals surface area contributed by atoms with E-state index in [9.17, 15) is 13.2 Å². The Morgan fingerprint density at radius 3 is 2.25 bits per heavy atom. The van der Waals surface area contributed by atoms with E-state index in [2.05, 4.69) is 18.8 Å². The van der Waals surface area contributed by atoms with Crippen molar-refractivity contribution < 1.29 is 13.2 Å². The molecular weight excluding hydrogens is 337 g/mol. The normalized spacial score (nSPS) is 20.2. The third-order valence-electron chi connectivity index (χ3n) is 4.65. The van der Waals surface area contributed by atoms with Crippen molar-refractivity contribution in [3.05, 3.63) is 65.0 Å². The molecule has 1 aromatic carbocycles. The van der Waals surface area contributed by atoms with E-state index in [1.165, 1.54) is 12.1 Å². The third-order valence-corrected chi connectivity index (χ3v) is 4.65. The number of halogens is 4. The van der Waals surface area contributed by atoms with Crippen LogP contribution in [0.1, 0.15) is 54.6 Å². The predicted octanol–water partition coefficient (Wildman–Crippen LogP) is 5.08. The number of nitrogens with two attached hydrogens (primary N) is 1. The predicted molar refractivity (Wildman–Crippen MR) is 90.1 cm³/mol. The van der Waals surface area contributed by atoms with Crippen LogP contribution >= 0.6 is 12.4 Å². The number of hydrogen-bond acceptors (Lipinski definition) is 2. The van der Waals surface area contributed by atoms with E-state index in [4.69, 9.17) is 5.73 Å². The van der Waals surface area contributed by atoms with Crippen LogP contribution in [-0.4, -0.2) is 4.98 Å². The highest BCUT2D eigenvalue weighted by atomic mass is 35.5. The first-order chi connectivity index (χ1) is 10.7. The molecule has 2 atom stereocenters. The Balaban J connectivity index is 0.00000208. The molecule has 1 aromatic heterocycles. The summed E-state index contributed by atoms with van der Waals surface area (Å²) in [7, 11) is 0. The zero-order valence-electron chi connectivity index (χ0n) is 13.5. The standard InChI is InChI=1S/C18H19F3N2.ClH/c1-17(2)10-14(17)13-4-3-9-23-16(13)15(22)11-5-7-12(8-6-11)18(19,20)21;/h3-9,14-15H,10,22H2,1-2H3;1H/t14?,15-;/m0./s1. The van der Waals surface area contributed by atoms with Gasteiger partial charge in [0.15, 0.2) is 0 Å². The zero-order valence-corrected chi connectivity index (χ0v) is 14.3. The molecule has 1 unspecified atom stereocenters. The van der Waals surface area contributed by atoms with Crippen molar-refractivity contribution in [2.75, 3.05) is 0 Å². The molecular formula is C18H20ClF3N2. The Bertz CT molecular complexity index is 711. The minimum atomic E-state index is -4.34. The first kappa shape index (κ1) is 18.7. The van der Waals surface area contributed by atoms with E-state index in [1.54, 1.807) is 6.20 Å². The lowest BCUT2D eigenvalue weighted by atomic mass is 9.94. The number of pyridine rings is 1. The summed E-state index contributed by atoms with van der Waals surface area (Å²) in [6, 6.07) is 8.38. The molecule has 0 spiro atoms. The van der Waals surface area contributed by atoms with Gasteiger partial charge in [-0.2, -0.15) is 13.2 Å². The van der Waals surface area contributed by atoms with Gasteiger partial charge in [-0.05, 0) is 47.1 Å². The molecule has 0 amide bonds. The molecule has 2 N–H and O–H groups in total. The van der Waals surface area contributed by atoms with Gasteiger partial charge in [-0.1, -0.05) is 32.0 Å². The summed E-state index contributed by atoms with van der Waals surface area (Å²) in [5, 5.41) is 0. The summed E-state index contributed by atoms with van der Waals surface area (Å²) < 4.78 is 38.0. The van der Waals surface area contributed by atoms with Crippen molar-refractivity contribution in [2.24, 2.45) is 11.1 Å². The van der Waals surface area contributed by atoms with Gasteiger partial charge in [-0.25, -0.2) is 0 Å². The second-order valence-electron chi connectivity index (χ2n) is 6.82. The third kappa shape index (κ3) is 3.57. The minimum Gasteiger partial charge on any atom is -0.319 e. The van der Waals surface area contributed by atoms with Crippen LogP contribution < -0.4 is 5.73 Å².